The van der Waals surface area contributed by atoms with Crippen molar-refractivity contribution in [1.82, 2.24) is 25.1 Å². The predicted molar refractivity (Wildman–Crippen MR) is 101 cm³/mol. The van der Waals surface area contributed by atoms with E-state index in [-0.39, 0.29) is 11.1 Å². The molecule has 4 heterocycles. The Labute approximate surface area is 154 Å². The van der Waals surface area contributed by atoms with Gasteiger partial charge in [0.2, 0.25) is 10.7 Å². The molecule has 0 amide bonds. The highest BCUT2D eigenvalue weighted by Crippen LogP contribution is 2.27. The monoisotopic (exact) mass is 381 g/mol. The van der Waals surface area contributed by atoms with Crippen LogP contribution in [0.3, 0.4) is 0 Å². The average molecular weight is 381 g/mol. The molecule has 0 radical (unpaired) electrons. The topological polar surface area (TPSA) is 100 Å². The van der Waals surface area contributed by atoms with E-state index in [1.165, 1.54) is 11.8 Å². The van der Waals surface area contributed by atoms with Crippen LogP contribution >= 0.6 is 23.1 Å². The van der Waals surface area contributed by atoms with Crippen molar-refractivity contribution >= 4 is 45.2 Å². The van der Waals surface area contributed by atoms with Gasteiger partial charge in [-0.3, -0.25) is 9.89 Å². The normalized spacial score (nSPS) is 11.5. The minimum Gasteiger partial charge on any atom is -0.449 e. The molecule has 0 fully saturated rings. The Balaban J connectivity index is 1.44. The van der Waals surface area contributed by atoms with E-state index >= 15 is 0 Å². The highest BCUT2D eigenvalue weighted by atomic mass is 32.2. The maximum absolute atomic E-state index is 12.3. The number of rotatable bonds is 4. The molecule has 0 atom stereocenters. The second-order valence-corrected chi connectivity index (χ2v) is 7.41. The molecular formula is C17H11N5O2S2. The van der Waals surface area contributed by atoms with Gasteiger partial charge in [0.1, 0.15) is 16.9 Å². The summed E-state index contributed by atoms with van der Waals surface area (Å²) in [4.78, 5) is 25.1. The quantitative estimate of drug-likeness (QED) is 0.459. The number of nitrogens with one attached hydrogen (secondary N) is 2. The Bertz CT molecular complexity index is 1270. The van der Waals surface area contributed by atoms with Gasteiger partial charge < -0.3 is 9.40 Å². The zero-order valence-electron chi connectivity index (χ0n) is 13.2. The second kappa shape index (κ2) is 6.11. The van der Waals surface area contributed by atoms with Crippen LogP contribution in [-0.4, -0.2) is 25.1 Å². The van der Waals surface area contributed by atoms with Gasteiger partial charge in [-0.25, -0.2) is 9.97 Å². The van der Waals surface area contributed by atoms with Crippen molar-refractivity contribution in [2.24, 2.45) is 0 Å². The Morgan fingerprint density at radius 2 is 2.08 bits per heavy atom. The Kier molecular flexibility index (Phi) is 3.61. The van der Waals surface area contributed by atoms with Crippen molar-refractivity contribution in [1.29, 1.82) is 0 Å². The fraction of sp³-hybridized carbons (Fsp3) is 0.0588. The number of fused-ring (bicyclic) bond motifs is 3. The van der Waals surface area contributed by atoms with Crippen LogP contribution < -0.4 is 5.56 Å². The van der Waals surface area contributed by atoms with Crippen molar-refractivity contribution in [3.05, 3.63) is 58.0 Å². The summed E-state index contributed by atoms with van der Waals surface area (Å²) in [5.41, 5.74) is 1.20. The van der Waals surface area contributed by atoms with E-state index in [2.05, 4.69) is 25.1 Å². The van der Waals surface area contributed by atoms with E-state index < -0.39 is 0 Å². The number of aromatic nitrogens is 5. The van der Waals surface area contributed by atoms with Gasteiger partial charge in [0.05, 0.1) is 10.6 Å². The number of nitrogens with zero attached hydrogens (tertiary/aromatic N) is 3. The summed E-state index contributed by atoms with van der Waals surface area (Å²) >= 11 is 3.00. The Morgan fingerprint density at radius 1 is 1.15 bits per heavy atom. The van der Waals surface area contributed by atoms with Gasteiger partial charge in [-0.05, 0) is 23.6 Å². The summed E-state index contributed by atoms with van der Waals surface area (Å²) in [5, 5.41) is 10.6. The Hall–Kier alpha value is -2.91. The van der Waals surface area contributed by atoms with Crippen LogP contribution in [0.2, 0.25) is 0 Å². The van der Waals surface area contributed by atoms with E-state index in [9.17, 15) is 4.79 Å². The fourth-order valence-corrected chi connectivity index (χ4v) is 4.02. The van der Waals surface area contributed by atoms with Crippen LogP contribution in [0.5, 0.6) is 0 Å². The zero-order valence-corrected chi connectivity index (χ0v) is 14.9. The smallest absolute Gasteiger partial charge is 0.294 e. The third-order valence-corrected chi connectivity index (χ3v) is 5.57. The summed E-state index contributed by atoms with van der Waals surface area (Å²) in [5.74, 6) is 1.74. The lowest BCUT2D eigenvalue weighted by molar-refractivity contribution is 0.660. The molecule has 0 bridgehead atoms. The SMILES string of the molecule is O=c1[nH]c(CSc2n[nH]c(-c3cccs3)n2)nc2c1oc1ccccc12. The van der Waals surface area contributed by atoms with Crippen molar-refractivity contribution < 1.29 is 4.42 Å². The van der Waals surface area contributed by atoms with Gasteiger partial charge in [-0.2, -0.15) is 0 Å². The number of benzene rings is 1. The first kappa shape index (κ1) is 15.4. The number of thioether (sulfide) groups is 1. The number of hydrogen-bond donors (Lipinski definition) is 2. The summed E-state index contributed by atoms with van der Waals surface area (Å²) < 4.78 is 5.60. The molecule has 0 aliphatic carbocycles. The molecule has 9 heteroatoms. The minimum absolute atomic E-state index is 0.248. The number of para-hydroxylation sites is 1. The molecule has 1 aromatic carbocycles. The molecule has 0 unspecified atom stereocenters. The van der Waals surface area contributed by atoms with Crippen molar-refractivity contribution in [3.63, 3.8) is 0 Å². The standard InChI is InChI=1S/C17H11N5O2S2/c23-16-14-13(9-4-1-2-5-10(9)24-14)18-12(19-16)8-26-17-20-15(21-22-17)11-6-3-7-25-11/h1-7H,8H2,(H,18,19,23)(H,20,21,22). The number of thiophene rings is 1. The van der Waals surface area contributed by atoms with Gasteiger partial charge in [-0.1, -0.05) is 30.0 Å². The van der Waals surface area contributed by atoms with Gasteiger partial charge in [-0.15, -0.1) is 16.4 Å². The first-order chi connectivity index (χ1) is 12.8. The lowest BCUT2D eigenvalue weighted by Crippen LogP contribution is -2.10. The molecule has 4 aromatic heterocycles. The molecule has 0 spiro atoms. The molecular weight excluding hydrogens is 370 g/mol. The first-order valence-corrected chi connectivity index (χ1v) is 9.64. The summed E-state index contributed by atoms with van der Waals surface area (Å²) in [7, 11) is 0. The van der Waals surface area contributed by atoms with E-state index in [0.29, 0.717) is 27.8 Å². The number of furan rings is 1. The molecule has 0 aliphatic heterocycles. The molecule has 5 aromatic rings. The van der Waals surface area contributed by atoms with Crippen LogP contribution in [0.25, 0.3) is 32.8 Å². The summed E-state index contributed by atoms with van der Waals surface area (Å²) in [6.45, 7) is 0. The summed E-state index contributed by atoms with van der Waals surface area (Å²) in [6, 6.07) is 11.4. The predicted octanol–water partition coefficient (Wildman–Crippen LogP) is 3.81. The molecule has 128 valence electrons. The largest absolute Gasteiger partial charge is 0.449 e. The van der Waals surface area contributed by atoms with Gasteiger partial charge in [0.15, 0.2) is 5.82 Å². The Morgan fingerprint density at radius 3 is 2.96 bits per heavy atom. The fourth-order valence-electron chi connectivity index (χ4n) is 2.68. The van der Waals surface area contributed by atoms with Gasteiger partial charge >= 0.3 is 0 Å². The van der Waals surface area contributed by atoms with Crippen LogP contribution in [0.1, 0.15) is 5.82 Å². The number of aromatic amines is 2. The van der Waals surface area contributed by atoms with Crippen molar-refractivity contribution in [2.75, 3.05) is 0 Å². The third kappa shape index (κ3) is 2.61. The molecule has 0 aliphatic rings. The molecule has 5 rings (SSSR count). The van der Waals surface area contributed by atoms with Crippen LogP contribution in [0.15, 0.2) is 56.1 Å². The highest BCUT2D eigenvalue weighted by molar-refractivity contribution is 7.98. The lowest BCUT2D eigenvalue weighted by Gasteiger charge is -1.98. The third-order valence-electron chi connectivity index (χ3n) is 3.84. The van der Waals surface area contributed by atoms with Crippen molar-refractivity contribution in [3.8, 4) is 10.7 Å². The zero-order chi connectivity index (χ0) is 17.5. The molecule has 2 N–H and O–H groups in total. The van der Waals surface area contributed by atoms with E-state index in [0.717, 1.165) is 16.1 Å². The molecule has 7 nitrogen and oxygen atoms in total. The van der Waals surface area contributed by atoms with Gasteiger partial charge in [0, 0.05) is 5.39 Å². The van der Waals surface area contributed by atoms with Crippen molar-refractivity contribution in [2.45, 2.75) is 10.9 Å². The lowest BCUT2D eigenvalue weighted by atomic mass is 10.2. The molecule has 0 saturated heterocycles. The molecule has 26 heavy (non-hydrogen) atoms. The number of H-pyrrole nitrogens is 2. The van der Waals surface area contributed by atoms with Crippen LogP contribution in [-0.2, 0) is 5.75 Å². The van der Waals surface area contributed by atoms with Crippen LogP contribution in [0.4, 0.5) is 0 Å². The maximum Gasteiger partial charge on any atom is 0.294 e. The second-order valence-electron chi connectivity index (χ2n) is 5.52. The van der Waals surface area contributed by atoms with E-state index in [1.54, 1.807) is 11.3 Å². The first-order valence-electron chi connectivity index (χ1n) is 7.77. The minimum atomic E-state index is -0.281. The van der Waals surface area contributed by atoms with E-state index in [4.69, 9.17) is 4.42 Å². The van der Waals surface area contributed by atoms with E-state index in [1.807, 2.05) is 41.8 Å². The average Bonchev–Trinajstić information content (AvgIpc) is 3.39. The maximum atomic E-state index is 12.3. The molecule has 0 saturated carbocycles. The van der Waals surface area contributed by atoms with Crippen LogP contribution in [0, 0.1) is 0 Å². The van der Waals surface area contributed by atoms with Gasteiger partial charge in [0.25, 0.3) is 5.56 Å². The summed E-state index contributed by atoms with van der Waals surface area (Å²) in [6.07, 6.45) is 0. The highest BCUT2D eigenvalue weighted by Gasteiger charge is 2.14. The number of hydrogen-bond acceptors (Lipinski definition) is 7.